The van der Waals surface area contributed by atoms with Crippen molar-refractivity contribution in [3.8, 4) is 5.13 Å². The van der Waals surface area contributed by atoms with E-state index in [0.717, 1.165) is 4.68 Å². The normalized spacial score (nSPS) is 12.0. The van der Waals surface area contributed by atoms with E-state index < -0.39 is 11.9 Å². The molecule has 0 radical (unpaired) electrons. The first-order valence-electron chi connectivity index (χ1n) is 3.70. The molecule has 0 saturated heterocycles. The molecule has 0 amide bonds. The van der Waals surface area contributed by atoms with Crippen LogP contribution in [0.1, 0.15) is 5.69 Å². The van der Waals surface area contributed by atoms with Gasteiger partial charge in [-0.15, -0.1) is 11.3 Å². The SMILES string of the molecule is FC(F)(F)c1nn(-c2nccs2)cc1Br. The van der Waals surface area contributed by atoms with Crippen molar-refractivity contribution < 1.29 is 13.2 Å². The highest BCUT2D eigenvalue weighted by atomic mass is 79.9. The third-order valence-corrected chi connectivity index (χ3v) is 2.89. The van der Waals surface area contributed by atoms with Gasteiger partial charge in [-0.25, -0.2) is 9.67 Å². The largest absolute Gasteiger partial charge is 0.436 e. The fraction of sp³-hybridized carbons (Fsp3) is 0.143. The van der Waals surface area contributed by atoms with Crippen LogP contribution in [0.3, 0.4) is 0 Å². The first kappa shape index (κ1) is 10.6. The van der Waals surface area contributed by atoms with Crippen molar-refractivity contribution in [1.29, 1.82) is 0 Å². The second kappa shape index (κ2) is 3.60. The molecule has 3 nitrogen and oxygen atoms in total. The van der Waals surface area contributed by atoms with Gasteiger partial charge in [0.25, 0.3) is 0 Å². The maximum atomic E-state index is 12.4. The fourth-order valence-corrected chi connectivity index (χ4v) is 2.04. The Kier molecular flexibility index (Phi) is 2.55. The molecule has 0 aliphatic carbocycles. The standard InChI is InChI=1S/C7H3BrF3N3S/c8-4-3-14(6-12-1-2-15-6)13-5(4)7(9,10)11/h1-3H. The van der Waals surface area contributed by atoms with Gasteiger partial charge in [0.05, 0.1) is 4.47 Å². The Labute approximate surface area is 94.7 Å². The van der Waals surface area contributed by atoms with Crippen LogP contribution in [0.4, 0.5) is 13.2 Å². The van der Waals surface area contributed by atoms with Crippen molar-refractivity contribution in [2.45, 2.75) is 6.18 Å². The minimum Gasteiger partial charge on any atom is -0.227 e. The Morgan fingerprint density at radius 1 is 1.40 bits per heavy atom. The summed E-state index contributed by atoms with van der Waals surface area (Å²) in [5.41, 5.74) is -0.947. The average Bonchev–Trinajstić information content (AvgIpc) is 2.68. The molecule has 15 heavy (non-hydrogen) atoms. The lowest BCUT2D eigenvalue weighted by Crippen LogP contribution is -2.07. The number of rotatable bonds is 1. The molecule has 0 atom stereocenters. The Hall–Kier alpha value is -0.890. The van der Waals surface area contributed by atoms with Crippen molar-refractivity contribution in [1.82, 2.24) is 14.8 Å². The molecule has 8 heteroatoms. The average molecular weight is 298 g/mol. The third-order valence-electron chi connectivity index (χ3n) is 1.55. The molecule has 0 spiro atoms. The summed E-state index contributed by atoms with van der Waals surface area (Å²) in [5.74, 6) is 0. The molecule has 80 valence electrons. The summed E-state index contributed by atoms with van der Waals surface area (Å²) in [7, 11) is 0. The lowest BCUT2D eigenvalue weighted by Gasteiger charge is -2.01. The Bertz CT molecular complexity index is 462. The van der Waals surface area contributed by atoms with Crippen LogP contribution in [-0.4, -0.2) is 14.8 Å². The fourth-order valence-electron chi connectivity index (χ4n) is 0.972. The number of alkyl halides is 3. The second-order valence-corrected chi connectivity index (χ2v) is 4.31. The summed E-state index contributed by atoms with van der Waals surface area (Å²) in [6, 6.07) is 0. The maximum Gasteiger partial charge on any atom is 0.436 e. The van der Waals surface area contributed by atoms with Crippen LogP contribution >= 0.6 is 27.3 Å². The van der Waals surface area contributed by atoms with Crippen molar-refractivity contribution in [3.05, 3.63) is 27.9 Å². The van der Waals surface area contributed by atoms with E-state index in [9.17, 15) is 13.2 Å². The molecule has 0 N–H and O–H groups in total. The highest BCUT2D eigenvalue weighted by Gasteiger charge is 2.36. The Morgan fingerprint density at radius 3 is 2.60 bits per heavy atom. The monoisotopic (exact) mass is 297 g/mol. The van der Waals surface area contributed by atoms with Crippen LogP contribution in [0.2, 0.25) is 0 Å². The van der Waals surface area contributed by atoms with Crippen LogP contribution in [-0.2, 0) is 6.18 Å². The van der Waals surface area contributed by atoms with Gasteiger partial charge in [0.2, 0.25) is 5.13 Å². The highest BCUT2D eigenvalue weighted by molar-refractivity contribution is 9.10. The van der Waals surface area contributed by atoms with Gasteiger partial charge in [-0.1, -0.05) is 0 Å². The minimum atomic E-state index is -4.46. The zero-order valence-corrected chi connectivity index (χ0v) is 9.40. The van der Waals surface area contributed by atoms with E-state index in [1.165, 1.54) is 23.7 Å². The van der Waals surface area contributed by atoms with Crippen LogP contribution in [0.25, 0.3) is 5.13 Å². The maximum absolute atomic E-state index is 12.4. The van der Waals surface area contributed by atoms with E-state index in [4.69, 9.17) is 0 Å². The van der Waals surface area contributed by atoms with E-state index >= 15 is 0 Å². The lowest BCUT2D eigenvalue weighted by molar-refractivity contribution is -0.141. The summed E-state index contributed by atoms with van der Waals surface area (Å²) < 4.78 is 38.1. The number of hydrogen-bond acceptors (Lipinski definition) is 3. The van der Waals surface area contributed by atoms with E-state index in [1.807, 2.05) is 0 Å². The van der Waals surface area contributed by atoms with Crippen molar-refractivity contribution >= 4 is 27.3 Å². The molecular formula is C7H3BrF3N3S. The van der Waals surface area contributed by atoms with Crippen LogP contribution in [0, 0.1) is 0 Å². The molecule has 2 aromatic rings. The molecule has 0 aliphatic heterocycles. The summed E-state index contributed by atoms with van der Waals surface area (Å²) in [5, 5.41) is 5.48. The van der Waals surface area contributed by atoms with Gasteiger partial charge in [-0.05, 0) is 15.9 Å². The molecule has 2 heterocycles. The van der Waals surface area contributed by atoms with Crippen molar-refractivity contribution in [2.24, 2.45) is 0 Å². The molecule has 0 fully saturated rings. The van der Waals surface area contributed by atoms with E-state index in [1.54, 1.807) is 5.38 Å². The lowest BCUT2D eigenvalue weighted by atomic mass is 10.4. The first-order chi connectivity index (χ1) is 6.98. The predicted molar refractivity (Wildman–Crippen MR) is 51.9 cm³/mol. The van der Waals surface area contributed by atoms with Gasteiger partial charge in [0.15, 0.2) is 5.69 Å². The quantitative estimate of drug-likeness (QED) is 0.810. The second-order valence-electron chi connectivity index (χ2n) is 2.58. The van der Waals surface area contributed by atoms with E-state index in [2.05, 4.69) is 26.0 Å². The number of halogens is 4. The van der Waals surface area contributed by atoms with E-state index in [0.29, 0.717) is 5.13 Å². The van der Waals surface area contributed by atoms with Gasteiger partial charge in [0, 0.05) is 17.8 Å². The van der Waals surface area contributed by atoms with Crippen LogP contribution < -0.4 is 0 Å². The third kappa shape index (κ3) is 2.05. The minimum absolute atomic E-state index is 0.0924. The van der Waals surface area contributed by atoms with Gasteiger partial charge < -0.3 is 0 Å². The Morgan fingerprint density at radius 2 is 2.13 bits per heavy atom. The zero-order valence-electron chi connectivity index (χ0n) is 6.99. The molecule has 0 aromatic carbocycles. The molecule has 2 aromatic heterocycles. The van der Waals surface area contributed by atoms with Crippen LogP contribution in [0.15, 0.2) is 22.2 Å². The van der Waals surface area contributed by atoms with Gasteiger partial charge in [0.1, 0.15) is 0 Å². The molecular weight excluding hydrogens is 295 g/mol. The molecule has 0 saturated carbocycles. The molecule has 2 rings (SSSR count). The van der Waals surface area contributed by atoms with Crippen molar-refractivity contribution in [2.75, 3.05) is 0 Å². The smallest absolute Gasteiger partial charge is 0.227 e. The van der Waals surface area contributed by atoms with Crippen molar-refractivity contribution in [3.63, 3.8) is 0 Å². The van der Waals surface area contributed by atoms with Crippen LogP contribution in [0.5, 0.6) is 0 Å². The number of aromatic nitrogens is 3. The Balaban J connectivity index is 2.47. The predicted octanol–water partition coefficient (Wildman–Crippen LogP) is 3.11. The number of thiazole rings is 1. The van der Waals surface area contributed by atoms with E-state index in [-0.39, 0.29) is 4.47 Å². The molecule has 0 aliphatic rings. The molecule has 0 bridgehead atoms. The summed E-state index contributed by atoms with van der Waals surface area (Å²) in [6.07, 6.45) is -1.72. The van der Waals surface area contributed by atoms with Gasteiger partial charge >= 0.3 is 6.18 Å². The summed E-state index contributed by atoms with van der Waals surface area (Å²) in [4.78, 5) is 3.85. The molecule has 0 unspecified atom stereocenters. The topological polar surface area (TPSA) is 30.7 Å². The first-order valence-corrected chi connectivity index (χ1v) is 5.38. The number of nitrogens with zero attached hydrogens (tertiary/aromatic N) is 3. The zero-order chi connectivity index (χ0) is 11.1. The van der Waals surface area contributed by atoms with Gasteiger partial charge in [-0.2, -0.15) is 18.3 Å². The summed E-state index contributed by atoms with van der Waals surface area (Å²) >= 11 is 4.02. The highest BCUT2D eigenvalue weighted by Crippen LogP contribution is 2.34. The number of hydrogen-bond donors (Lipinski definition) is 0. The van der Waals surface area contributed by atoms with Gasteiger partial charge in [-0.3, -0.25) is 0 Å². The summed E-state index contributed by atoms with van der Waals surface area (Å²) in [6.45, 7) is 0.